The molecule has 0 aliphatic heterocycles. The van der Waals surface area contributed by atoms with Crippen molar-refractivity contribution in [3.8, 4) is 0 Å². The van der Waals surface area contributed by atoms with Crippen LogP contribution in [-0.4, -0.2) is 21.8 Å². The molecular formula is C27H28N4O2. The molecule has 6 heteroatoms. The maximum atomic E-state index is 12.7. The zero-order valence-corrected chi connectivity index (χ0v) is 19.1. The van der Waals surface area contributed by atoms with Crippen molar-refractivity contribution >= 4 is 34.2 Å². The Balaban J connectivity index is 1.40. The highest BCUT2D eigenvalue weighted by Gasteiger charge is 2.10. The number of imidazole rings is 1. The van der Waals surface area contributed by atoms with Gasteiger partial charge in [-0.2, -0.15) is 0 Å². The molecule has 0 radical (unpaired) electrons. The summed E-state index contributed by atoms with van der Waals surface area (Å²) in [6.07, 6.45) is 1.57. The van der Waals surface area contributed by atoms with E-state index in [1.54, 1.807) is 6.07 Å². The summed E-state index contributed by atoms with van der Waals surface area (Å²) in [5.74, 6) is 1.10. The van der Waals surface area contributed by atoms with Gasteiger partial charge in [-0.1, -0.05) is 38.1 Å². The molecule has 0 aliphatic rings. The molecule has 2 amide bonds. The van der Waals surface area contributed by atoms with Gasteiger partial charge in [0.25, 0.3) is 5.91 Å². The molecule has 0 unspecified atom stereocenters. The molecule has 3 N–H and O–H groups in total. The lowest BCUT2D eigenvalue weighted by Crippen LogP contribution is -2.11. The van der Waals surface area contributed by atoms with Crippen LogP contribution in [0.3, 0.4) is 0 Å². The number of aromatic nitrogens is 2. The third kappa shape index (κ3) is 5.66. The number of nitrogens with one attached hydrogen (secondary N) is 3. The summed E-state index contributed by atoms with van der Waals surface area (Å²) in [5, 5.41) is 5.73. The quantitative estimate of drug-likeness (QED) is 0.345. The van der Waals surface area contributed by atoms with Gasteiger partial charge in [0.15, 0.2) is 0 Å². The van der Waals surface area contributed by atoms with Crippen molar-refractivity contribution in [1.82, 2.24) is 9.97 Å². The second kappa shape index (κ2) is 9.69. The van der Waals surface area contributed by atoms with Crippen LogP contribution in [0.1, 0.15) is 54.0 Å². The number of fused-ring (bicyclic) bond motifs is 1. The maximum absolute atomic E-state index is 12.7. The van der Waals surface area contributed by atoms with E-state index in [1.165, 1.54) is 12.5 Å². The lowest BCUT2D eigenvalue weighted by molar-refractivity contribution is -0.114. The fourth-order valence-electron chi connectivity index (χ4n) is 3.70. The van der Waals surface area contributed by atoms with Crippen molar-refractivity contribution < 1.29 is 9.59 Å². The van der Waals surface area contributed by atoms with Crippen molar-refractivity contribution in [2.24, 2.45) is 0 Å². The highest BCUT2D eigenvalue weighted by Crippen LogP contribution is 2.20. The molecule has 0 atom stereocenters. The van der Waals surface area contributed by atoms with Crippen LogP contribution < -0.4 is 10.6 Å². The molecule has 1 aromatic heterocycles. The molecule has 0 spiro atoms. The smallest absolute Gasteiger partial charge is 0.255 e. The van der Waals surface area contributed by atoms with Gasteiger partial charge in [-0.25, -0.2) is 4.98 Å². The number of carbonyl (C=O) groups excluding carboxylic acids is 2. The Labute approximate surface area is 193 Å². The third-order valence-electron chi connectivity index (χ3n) is 5.55. The molecule has 168 valence electrons. The van der Waals surface area contributed by atoms with E-state index in [9.17, 15) is 9.59 Å². The number of benzene rings is 3. The molecule has 0 bridgehead atoms. The van der Waals surface area contributed by atoms with Crippen LogP contribution in [0, 0.1) is 0 Å². The van der Waals surface area contributed by atoms with Gasteiger partial charge in [0.1, 0.15) is 5.82 Å². The minimum absolute atomic E-state index is 0.0814. The first-order chi connectivity index (χ1) is 15.9. The van der Waals surface area contributed by atoms with E-state index in [4.69, 9.17) is 0 Å². The first-order valence-corrected chi connectivity index (χ1v) is 11.1. The van der Waals surface area contributed by atoms with Crippen molar-refractivity contribution in [2.75, 3.05) is 10.6 Å². The minimum atomic E-state index is -0.149. The highest BCUT2D eigenvalue weighted by atomic mass is 16.2. The molecule has 0 fully saturated rings. The Morgan fingerprint density at radius 2 is 1.55 bits per heavy atom. The number of aromatic amines is 1. The lowest BCUT2D eigenvalue weighted by Gasteiger charge is -2.08. The van der Waals surface area contributed by atoms with Crippen LogP contribution in [0.25, 0.3) is 11.0 Å². The van der Waals surface area contributed by atoms with E-state index in [0.717, 1.165) is 46.6 Å². The van der Waals surface area contributed by atoms with Gasteiger partial charge < -0.3 is 15.6 Å². The van der Waals surface area contributed by atoms with Crippen molar-refractivity contribution in [1.29, 1.82) is 0 Å². The van der Waals surface area contributed by atoms with Gasteiger partial charge in [-0.3, -0.25) is 9.59 Å². The Bertz CT molecular complexity index is 1270. The first kappa shape index (κ1) is 22.3. The molecule has 4 rings (SSSR count). The van der Waals surface area contributed by atoms with Gasteiger partial charge in [0.05, 0.1) is 11.0 Å². The van der Waals surface area contributed by atoms with Gasteiger partial charge in [0.2, 0.25) is 5.91 Å². The van der Waals surface area contributed by atoms with E-state index < -0.39 is 0 Å². The molecule has 0 saturated heterocycles. The summed E-state index contributed by atoms with van der Waals surface area (Å²) in [4.78, 5) is 31.8. The maximum Gasteiger partial charge on any atom is 0.255 e. The summed E-state index contributed by atoms with van der Waals surface area (Å²) in [6.45, 7) is 5.78. The minimum Gasteiger partial charge on any atom is -0.342 e. The van der Waals surface area contributed by atoms with Crippen molar-refractivity contribution in [2.45, 2.75) is 39.5 Å². The van der Waals surface area contributed by atoms with Gasteiger partial charge in [-0.15, -0.1) is 0 Å². The number of amides is 2. The van der Waals surface area contributed by atoms with Gasteiger partial charge >= 0.3 is 0 Å². The van der Waals surface area contributed by atoms with Gasteiger partial charge in [-0.05, 0) is 65.9 Å². The van der Waals surface area contributed by atoms with Crippen LogP contribution in [0.5, 0.6) is 0 Å². The molecule has 0 saturated carbocycles. The standard InChI is InChI=1S/C27H28N4O2/c1-17(2)20-7-12-23(13-8-20)29-27(33)21-9-14-24-25(16-21)31-26(30-24)15-6-19-4-10-22(11-5-19)28-18(3)32/h4-5,7-14,16-17H,6,15H2,1-3H3,(H,28,32)(H,29,33)(H,30,31). The summed E-state index contributed by atoms with van der Waals surface area (Å²) in [6, 6.07) is 21.3. The first-order valence-electron chi connectivity index (χ1n) is 11.1. The van der Waals surface area contributed by atoms with Crippen molar-refractivity contribution in [3.05, 3.63) is 89.2 Å². The number of hydrogen-bond acceptors (Lipinski definition) is 3. The Kier molecular flexibility index (Phi) is 6.54. The Morgan fingerprint density at radius 1 is 0.879 bits per heavy atom. The fourth-order valence-corrected chi connectivity index (χ4v) is 3.70. The number of aryl methyl sites for hydroxylation is 2. The number of rotatable bonds is 7. The van der Waals surface area contributed by atoms with Crippen LogP contribution in [0.2, 0.25) is 0 Å². The molecular weight excluding hydrogens is 412 g/mol. The van der Waals surface area contributed by atoms with E-state index >= 15 is 0 Å². The predicted molar refractivity (Wildman–Crippen MR) is 133 cm³/mol. The Hall–Kier alpha value is -3.93. The summed E-state index contributed by atoms with van der Waals surface area (Å²) < 4.78 is 0. The molecule has 1 heterocycles. The highest BCUT2D eigenvalue weighted by molar-refractivity contribution is 6.05. The second-order valence-corrected chi connectivity index (χ2v) is 8.52. The molecule has 0 aliphatic carbocycles. The fraction of sp³-hybridized carbons (Fsp3) is 0.222. The molecule has 6 nitrogen and oxygen atoms in total. The molecule has 3 aromatic carbocycles. The van der Waals surface area contributed by atoms with E-state index in [-0.39, 0.29) is 11.8 Å². The summed E-state index contributed by atoms with van der Waals surface area (Å²) in [7, 11) is 0. The van der Waals surface area contributed by atoms with Crippen LogP contribution in [-0.2, 0) is 17.6 Å². The second-order valence-electron chi connectivity index (χ2n) is 8.52. The normalized spacial score (nSPS) is 11.0. The van der Waals surface area contributed by atoms with E-state index in [0.29, 0.717) is 11.5 Å². The van der Waals surface area contributed by atoms with Gasteiger partial charge in [0, 0.05) is 30.3 Å². The number of anilines is 2. The lowest BCUT2D eigenvalue weighted by atomic mass is 10.0. The third-order valence-corrected chi connectivity index (χ3v) is 5.55. The summed E-state index contributed by atoms with van der Waals surface area (Å²) in [5.41, 5.74) is 6.23. The average Bonchev–Trinajstić information content (AvgIpc) is 3.21. The van der Waals surface area contributed by atoms with Crippen LogP contribution in [0.4, 0.5) is 11.4 Å². The number of H-pyrrole nitrogens is 1. The number of nitrogens with zero attached hydrogens (tertiary/aromatic N) is 1. The largest absolute Gasteiger partial charge is 0.342 e. The zero-order chi connectivity index (χ0) is 23.4. The molecule has 33 heavy (non-hydrogen) atoms. The average molecular weight is 441 g/mol. The number of hydrogen-bond donors (Lipinski definition) is 3. The number of carbonyl (C=O) groups is 2. The summed E-state index contributed by atoms with van der Waals surface area (Å²) >= 11 is 0. The SMILES string of the molecule is CC(=O)Nc1ccc(CCc2nc3ccc(C(=O)Nc4ccc(C(C)C)cc4)cc3[nH]2)cc1. The predicted octanol–water partition coefficient (Wildman–Crippen LogP) is 5.68. The zero-order valence-electron chi connectivity index (χ0n) is 19.1. The van der Waals surface area contributed by atoms with E-state index in [1.807, 2.05) is 60.7 Å². The van der Waals surface area contributed by atoms with Crippen LogP contribution in [0.15, 0.2) is 66.7 Å². The van der Waals surface area contributed by atoms with Crippen molar-refractivity contribution in [3.63, 3.8) is 0 Å². The molecule has 4 aromatic rings. The Morgan fingerprint density at radius 3 is 2.21 bits per heavy atom. The topological polar surface area (TPSA) is 86.9 Å². The van der Waals surface area contributed by atoms with E-state index in [2.05, 4.69) is 34.4 Å². The van der Waals surface area contributed by atoms with Crippen LogP contribution >= 0.6 is 0 Å². The monoisotopic (exact) mass is 440 g/mol.